The molecule has 0 bridgehead atoms. The first kappa shape index (κ1) is 15.9. The van der Waals surface area contributed by atoms with Gasteiger partial charge in [0.05, 0.1) is 6.04 Å². The van der Waals surface area contributed by atoms with Crippen molar-refractivity contribution < 1.29 is 8.42 Å². The summed E-state index contributed by atoms with van der Waals surface area (Å²) in [6, 6.07) is 2.81. The Morgan fingerprint density at radius 2 is 2.05 bits per heavy atom. The van der Waals surface area contributed by atoms with Crippen LogP contribution in [0.5, 0.6) is 0 Å². The molecule has 114 valence electrons. The zero-order valence-electron chi connectivity index (χ0n) is 12.1. The van der Waals surface area contributed by atoms with Gasteiger partial charge in [-0.05, 0) is 32.9 Å². The van der Waals surface area contributed by atoms with Gasteiger partial charge >= 0.3 is 0 Å². The van der Waals surface area contributed by atoms with Crippen LogP contribution in [0.4, 0.5) is 5.82 Å². The largest absolute Gasteiger partial charge is 0.370 e. The minimum absolute atomic E-state index is 0.143. The molecule has 0 aliphatic heterocycles. The van der Waals surface area contributed by atoms with E-state index in [1.165, 1.54) is 23.6 Å². The number of anilines is 1. The highest BCUT2D eigenvalue weighted by Crippen LogP contribution is 2.21. The van der Waals surface area contributed by atoms with Gasteiger partial charge in [-0.1, -0.05) is 0 Å². The van der Waals surface area contributed by atoms with Crippen LogP contribution >= 0.6 is 11.3 Å². The highest BCUT2D eigenvalue weighted by atomic mass is 32.2. The number of aryl methyl sites for hydroxylation is 1. The maximum atomic E-state index is 12.3. The number of hydrogen-bond donors (Lipinski definition) is 2. The van der Waals surface area contributed by atoms with Gasteiger partial charge in [0.1, 0.15) is 15.7 Å². The van der Waals surface area contributed by atoms with Gasteiger partial charge in [0.25, 0.3) is 0 Å². The van der Waals surface area contributed by atoms with Crippen molar-refractivity contribution in [3.05, 3.63) is 34.4 Å². The summed E-state index contributed by atoms with van der Waals surface area (Å²) >= 11 is 1.48. The zero-order valence-corrected chi connectivity index (χ0v) is 13.8. The Morgan fingerprint density at radius 1 is 1.29 bits per heavy atom. The van der Waals surface area contributed by atoms with Crippen molar-refractivity contribution in [3.8, 4) is 0 Å². The van der Waals surface area contributed by atoms with Gasteiger partial charge in [0.2, 0.25) is 10.0 Å². The molecule has 0 aliphatic rings. The van der Waals surface area contributed by atoms with Gasteiger partial charge in [-0.2, -0.15) is 0 Å². The fraction of sp³-hybridized carbons (Fsp3) is 0.385. The second-order valence-electron chi connectivity index (χ2n) is 4.56. The van der Waals surface area contributed by atoms with E-state index in [9.17, 15) is 8.42 Å². The van der Waals surface area contributed by atoms with Gasteiger partial charge in [-0.3, -0.25) is 0 Å². The first-order valence-electron chi connectivity index (χ1n) is 6.57. The van der Waals surface area contributed by atoms with Gasteiger partial charge < -0.3 is 5.32 Å². The van der Waals surface area contributed by atoms with Gasteiger partial charge in [0, 0.05) is 23.8 Å². The van der Waals surface area contributed by atoms with Gasteiger partial charge in [-0.15, -0.1) is 11.3 Å². The van der Waals surface area contributed by atoms with Crippen molar-refractivity contribution in [1.82, 2.24) is 14.7 Å². The summed E-state index contributed by atoms with van der Waals surface area (Å²) in [5.41, 5.74) is 0. The van der Waals surface area contributed by atoms with Crippen molar-refractivity contribution in [2.24, 2.45) is 0 Å². The highest BCUT2D eigenvalue weighted by Gasteiger charge is 2.20. The van der Waals surface area contributed by atoms with Crippen LogP contribution in [0, 0.1) is 6.92 Å². The standard InChI is InChI=1S/C13H18N4O2S2/c1-4-14-12-6-5-11(8-15-12)21(18,19)17-10(3)13-16-7-9(2)20-13/h5-8,10,17H,4H2,1-3H3,(H,14,15). The van der Waals surface area contributed by atoms with Crippen molar-refractivity contribution in [2.75, 3.05) is 11.9 Å². The quantitative estimate of drug-likeness (QED) is 0.851. The molecule has 0 saturated carbocycles. The van der Waals surface area contributed by atoms with E-state index < -0.39 is 10.0 Å². The molecule has 0 fully saturated rings. The lowest BCUT2D eigenvalue weighted by Gasteiger charge is -2.12. The molecule has 0 aliphatic carbocycles. The molecule has 1 unspecified atom stereocenters. The molecule has 2 heterocycles. The second-order valence-corrected chi connectivity index (χ2v) is 7.54. The van der Waals surface area contributed by atoms with E-state index in [0.29, 0.717) is 5.82 Å². The molecular weight excluding hydrogens is 308 g/mol. The molecule has 0 amide bonds. The van der Waals surface area contributed by atoms with Gasteiger partial charge in [0.15, 0.2) is 0 Å². The fourth-order valence-corrected chi connectivity index (χ4v) is 3.75. The van der Waals surface area contributed by atoms with Crippen LogP contribution in [0.3, 0.4) is 0 Å². The van der Waals surface area contributed by atoms with Crippen molar-refractivity contribution in [1.29, 1.82) is 0 Å². The molecule has 0 aromatic carbocycles. The highest BCUT2D eigenvalue weighted by molar-refractivity contribution is 7.89. The Balaban J connectivity index is 2.14. The lowest BCUT2D eigenvalue weighted by atomic mass is 10.4. The molecule has 2 aromatic rings. The Labute approximate surface area is 128 Å². The molecule has 2 rings (SSSR count). The molecule has 0 radical (unpaired) electrons. The number of nitrogens with one attached hydrogen (secondary N) is 2. The van der Waals surface area contributed by atoms with Crippen LogP contribution in [-0.4, -0.2) is 24.9 Å². The molecule has 1 atom stereocenters. The minimum Gasteiger partial charge on any atom is -0.370 e. The summed E-state index contributed by atoms with van der Waals surface area (Å²) in [6.45, 7) is 6.39. The molecule has 21 heavy (non-hydrogen) atoms. The van der Waals surface area contributed by atoms with Crippen LogP contribution in [0.25, 0.3) is 0 Å². The predicted molar refractivity (Wildman–Crippen MR) is 84.0 cm³/mol. The van der Waals surface area contributed by atoms with E-state index >= 15 is 0 Å². The summed E-state index contributed by atoms with van der Waals surface area (Å²) < 4.78 is 27.2. The molecule has 0 spiro atoms. The number of rotatable bonds is 6. The molecule has 0 saturated heterocycles. The Kier molecular flexibility index (Phi) is 4.92. The maximum Gasteiger partial charge on any atom is 0.242 e. The third-order valence-corrected chi connectivity index (χ3v) is 5.37. The van der Waals surface area contributed by atoms with Crippen molar-refractivity contribution in [2.45, 2.75) is 31.7 Å². The Bertz CT molecular complexity index is 695. The monoisotopic (exact) mass is 326 g/mol. The molecular formula is C13H18N4O2S2. The topological polar surface area (TPSA) is 84.0 Å². The summed E-state index contributed by atoms with van der Waals surface area (Å²) in [4.78, 5) is 9.47. The van der Waals surface area contributed by atoms with Crippen molar-refractivity contribution in [3.63, 3.8) is 0 Å². The van der Waals surface area contributed by atoms with Crippen LogP contribution in [-0.2, 0) is 10.0 Å². The summed E-state index contributed by atoms with van der Waals surface area (Å²) in [6.07, 6.45) is 3.08. The molecule has 8 heteroatoms. The van der Waals surface area contributed by atoms with E-state index in [1.807, 2.05) is 13.8 Å². The van der Waals surface area contributed by atoms with E-state index in [0.717, 1.165) is 16.4 Å². The average molecular weight is 326 g/mol. The predicted octanol–water partition coefficient (Wildman–Crippen LogP) is 2.32. The minimum atomic E-state index is -3.60. The summed E-state index contributed by atoms with van der Waals surface area (Å²) in [7, 11) is -3.60. The lowest BCUT2D eigenvalue weighted by molar-refractivity contribution is 0.566. The van der Waals surface area contributed by atoms with Crippen LogP contribution in [0.1, 0.15) is 29.8 Å². The van der Waals surface area contributed by atoms with E-state index in [2.05, 4.69) is 20.0 Å². The van der Waals surface area contributed by atoms with E-state index in [1.54, 1.807) is 19.2 Å². The first-order valence-corrected chi connectivity index (χ1v) is 8.87. The number of sulfonamides is 1. The first-order chi connectivity index (χ1) is 9.92. The van der Waals surface area contributed by atoms with Crippen LogP contribution in [0.2, 0.25) is 0 Å². The number of aromatic nitrogens is 2. The molecule has 2 N–H and O–H groups in total. The third kappa shape index (κ3) is 3.99. The lowest BCUT2D eigenvalue weighted by Crippen LogP contribution is -2.27. The molecule has 6 nitrogen and oxygen atoms in total. The number of nitrogens with zero attached hydrogens (tertiary/aromatic N) is 2. The fourth-order valence-electron chi connectivity index (χ4n) is 1.75. The Morgan fingerprint density at radius 3 is 2.57 bits per heavy atom. The van der Waals surface area contributed by atoms with Crippen LogP contribution < -0.4 is 10.0 Å². The third-order valence-electron chi connectivity index (χ3n) is 2.75. The summed E-state index contributed by atoms with van der Waals surface area (Å²) in [5, 5.41) is 3.76. The molecule has 2 aromatic heterocycles. The summed E-state index contributed by atoms with van der Waals surface area (Å²) in [5.74, 6) is 0.653. The zero-order chi connectivity index (χ0) is 15.5. The normalized spacial score (nSPS) is 13.1. The van der Waals surface area contributed by atoms with Gasteiger partial charge in [-0.25, -0.2) is 23.1 Å². The number of pyridine rings is 1. The Hall–Kier alpha value is -1.51. The SMILES string of the molecule is CCNc1ccc(S(=O)(=O)NC(C)c2ncc(C)s2)cn1. The second kappa shape index (κ2) is 6.50. The number of hydrogen-bond acceptors (Lipinski definition) is 6. The van der Waals surface area contributed by atoms with E-state index in [-0.39, 0.29) is 10.9 Å². The number of thiazole rings is 1. The average Bonchev–Trinajstić information content (AvgIpc) is 2.86. The smallest absolute Gasteiger partial charge is 0.242 e. The van der Waals surface area contributed by atoms with Crippen LogP contribution in [0.15, 0.2) is 29.4 Å². The van der Waals surface area contributed by atoms with Crippen molar-refractivity contribution >= 4 is 27.2 Å². The van der Waals surface area contributed by atoms with E-state index in [4.69, 9.17) is 0 Å². The maximum absolute atomic E-state index is 12.3.